The van der Waals surface area contributed by atoms with Crippen LogP contribution in [-0.2, 0) is 14.8 Å². The first kappa shape index (κ1) is 20.4. The normalized spacial score (nSPS) is 16.8. The van der Waals surface area contributed by atoms with Crippen LogP contribution in [0.15, 0.2) is 47.4 Å². The van der Waals surface area contributed by atoms with Gasteiger partial charge in [-0.2, -0.15) is 0 Å². The van der Waals surface area contributed by atoms with E-state index in [1.807, 2.05) is 26.0 Å². The lowest BCUT2D eigenvalue weighted by molar-refractivity contribution is 0.0587. The predicted octanol–water partition coefficient (Wildman–Crippen LogP) is 3.36. The molecule has 2 aromatic carbocycles. The van der Waals surface area contributed by atoms with Crippen LogP contribution >= 0.6 is 0 Å². The van der Waals surface area contributed by atoms with Gasteiger partial charge in [0.25, 0.3) is 15.9 Å². The number of hydrogen-bond donors (Lipinski definition) is 1. The first-order chi connectivity index (χ1) is 13.3. The van der Waals surface area contributed by atoms with Crippen molar-refractivity contribution in [2.45, 2.75) is 37.7 Å². The van der Waals surface area contributed by atoms with E-state index in [-0.39, 0.29) is 16.9 Å². The van der Waals surface area contributed by atoms with Crippen molar-refractivity contribution < 1.29 is 17.9 Å². The van der Waals surface area contributed by atoms with Gasteiger partial charge >= 0.3 is 0 Å². The van der Waals surface area contributed by atoms with E-state index in [0.717, 1.165) is 30.6 Å². The van der Waals surface area contributed by atoms with Crippen LogP contribution in [0.1, 0.15) is 34.3 Å². The van der Waals surface area contributed by atoms with Crippen LogP contribution in [0.2, 0.25) is 0 Å². The van der Waals surface area contributed by atoms with Gasteiger partial charge in [-0.1, -0.05) is 12.1 Å². The molecule has 28 heavy (non-hydrogen) atoms. The summed E-state index contributed by atoms with van der Waals surface area (Å²) >= 11 is 0. The Hall–Kier alpha value is -2.38. The number of amides is 1. The molecule has 1 unspecified atom stereocenters. The summed E-state index contributed by atoms with van der Waals surface area (Å²) in [6, 6.07) is 11.5. The number of rotatable bonds is 6. The molecule has 7 heteroatoms. The van der Waals surface area contributed by atoms with E-state index in [9.17, 15) is 13.2 Å². The molecule has 0 aliphatic carbocycles. The van der Waals surface area contributed by atoms with Crippen molar-refractivity contribution in [2.75, 3.05) is 24.9 Å². The lowest BCUT2D eigenvalue weighted by Crippen LogP contribution is -2.34. The molecule has 0 radical (unpaired) electrons. The van der Waals surface area contributed by atoms with Gasteiger partial charge in [-0.25, -0.2) is 8.42 Å². The van der Waals surface area contributed by atoms with Crippen molar-refractivity contribution >= 4 is 21.6 Å². The van der Waals surface area contributed by atoms with Crippen molar-refractivity contribution in [3.05, 3.63) is 59.2 Å². The van der Waals surface area contributed by atoms with Crippen LogP contribution in [0.3, 0.4) is 0 Å². The van der Waals surface area contributed by atoms with Crippen molar-refractivity contribution in [3.8, 4) is 0 Å². The number of benzene rings is 2. The van der Waals surface area contributed by atoms with Gasteiger partial charge in [-0.05, 0) is 68.1 Å². The van der Waals surface area contributed by atoms with Gasteiger partial charge in [0, 0.05) is 25.8 Å². The molecule has 1 N–H and O–H groups in total. The first-order valence-corrected chi connectivity index (χ1v) is 10.8. The number of nitrogens with one attached hydrogen (secondary N) is 1. The Balaban J connectivity index is 1.72. The van der Waals surface area contributed by atoms with Gasteiger partial charge in [0.2, 0.25) is 0 Å². The van der Waals surface area contributed by atoms with Gasteiger partial charge in [-0.15, -0.1) is 0 Å². The maximum absolute atomic E-state index is 12.7. The summed E-state index contributed by atoms with van der Waals surface area (Å²) in [6.45, 7) is 5.08. The van der Waals surface area contributed by atoms with Crippen molar-refractivity contribution in [1.29, 1.82) is 0 Å². The summed E-state index contributed by atoms with van der Waals surface area (Å²) in [5, 5.41) is 0. The SMILES string of the molecule is Cc1cccc(NS(=O)(=O)c2ccc(C(=O)N(C)CC3CCCO3)cc2)c1C. The zero-order valence-corrected chi connectivity index (χ0v) is 17.3. The Bertz CT molecular complexity index is 949. The number of carbonyl (C=O) groups excluding carboxylic acids is 1. The number of aryl methyl sites for hydroxylation is 1. The zero-order valence-electron chi connectivity index (χ0n) is 16.4. The van der Waals surface area contributed by atoms with Crippen LogP contribution in [0.4, 0.5) is 5.69 Å². The summed E-state index contributed by atoms with van der Waals surface area (Å²) < 4.78 is 33.6. The zero-order chi connectivity index (χ0) is 20.3. The van der Waals surface area contributed by atoms with E-state index in [4.69, 9.17) is 4.74 Å². The van der Waals surface area contributed by atoms with E-state index < -0.39 is 10.0 Å². The molecule has 0 saturated carbocycles. The minimum absolute atomic E-state index is 0.0790. The van der Waals surface area contributed by atoms with Gasteiger partial charge in [0.1, 0.15) is 0 Å². The summed E-state index contributed by atoms with van der Waals surface area (Å²) in [6.07, 6.45) is 2.06. The summed E-state index contributed by atoms with van der Waals surface area (Å²) in [4.78, 5) is 14.3. The summed E-state index contributed by atoms with van der Waals surface area (Å²) in [5.41, 5.74) is 2.90. The molecule has 1 amide bonds. The topological polar surface area (TPSA) is 75.7 Å². The quantitative estimate of drug-likeness (QED) is 0.804. The second-order valence-corrected chi connectivity index (χ2v) is 8.88. The molecule has 6 nitrogen and oxygen atoms in total. The highest BCUT2D eigenvalue weighted by Crippen LogP contribution is 2.22. The van der Waals surface area contributed by atoms with E-state index in [0.29, 0.717) is 17.8 Å². The number of nitrogens with zero attached hydrogens (tertiary/aromatic N) is 1. The molecule has 1 atom stereocenters. The maximum Gasteiger partial charge on any atom is 0.261 e. The van der Waals surface area contributed by atoms with Crippen LogP contribution in [0.5, 0.6) is 0 Å². The molecular weight excluding hydrogens is 376 g/mol. The lowest BCUT2D eigenvalue weighted by atomic mass is 10.1. The largest absolute Gasteiger partial charge is 0.376 e. The highest BCUT2D eigenvalue weighted by molar-refractivity contribution is 7.92. The molecule has 1 heterocycles. The molecule has 1 saturated heterocycles. The Morgan fingerprint density at radius 3 is 2.54 bits per heavy atom. The molecule has 0 spiro atoms. The Morgan fingerprint density at radius 2 is 1.89 bits per heavy atom. The van der Waals surface area contributed by atoms with Crippen LogP contribution in [-0.4, -0.2) is 45.5 Å². The van der Waals surface area contributed by atoms with Crippen LogP contribution < -0.4 is 4.72 Å². The smallest absolute Gasteiger partial charge is 0.261 e. The van der Waals surface area contributed by atoms with E-state index in [1.54, 1.807) is 30.1 Å². The van der Waals surface area contributed by atoms with Gasteiger partial charge < -0.3 is 9.64 Å². The molecular formula is C21H26N2O4S. The predicted molar refractivity (Wildman–Crippen MR) is 109 cm³/mol. The summed E-state index contributed by atoms with van der Waals surface area (Å²) in [5.74, 6) is -0.151. The summed E-state index contributed by atoms with van der Waals surface area (Å²) in [7, 11) is -2.00. The maximum atomic E-state index is 12.7. The number of likely N-dealkylation sites (N-methyl/N-ethyl adjacent to an activating group) is 1. The lowest BCUT2D eigenvalue weighted by Gasteiger charge is -2.21. The van der Waals surface area contributed by atoms with Crippen molar-refractivity contribution in [2.24, 2.45) is 0 Å². The van der Waals surface area contributed by atoms with Gasteiger partial charge in [0.15, 0.2) is 0 Å². The third kappa shape index (κ3) is 4.54. The Kier molecular flexibility index (Phi) is 6.05. The second-order valence-electron chi connectivity index (χ2n) is 7.20. The van der Waals surface area contributed by atoms with Crippen molar-refractivity contribution in [1.82, 2.24) is 4.90 Å². The third-order valence-corrected chi connectivity index (χ3v) is 6.49. The fourth-order valence-corrected chi connectivity index (χ4v) is 4.36. The standard InChI is InChI=1S/C21H26N2O4S/c1-15-6-4-8-20(16(15)2)22-28(25,26)19-11-9-17(10-12-19)21(24)23(3)14-18-7-5-13-27-18/h4,6,8-12,18,22H,5,7,13-14H2,1-3H3. The van der Waals surface area contributed by atoms with E-state index in [1.165, 1.54) is 12.1 Å². The highest BCUT2D eigenvalue weighted by atomic mass is 32.2. The van der Waals surface area contributed by atoms with E-state index >= 15 is 0 Å². The monoisotopic (exact) mass is 402 g/mol. The average molecular weight is 403 g/mol. The first-order valence-electron chi connectivity index (χ1n) is 9.34. The van der Waals surface area contributed by atoms with Crippen LogP contribution in [0, 0.1) is 13.8 Å². The van der Waals surface area contributed by atoms with Crippen molar-refractivity contribution in [3.63, 3.8) is 0 Å². The Morgan fingerprint density at radius 1 is 1.18 bits per heavy atom. The Labute approximate surface area is 166 Å². The number of sulfonamides is 1. The minimum Gasteiger partial charge on any atom is -0.376 e. The number of ether oxygens (including phenoxy) is 1. The molecule has 1 aliphatic rings. The minimum atomic E-state index is -3.73. The molecule has 1 fully saturated rings. The number of carbonyl (C=O) groups is 1. The molecule has 0 aromatic heterocycles. The number of hydrogen-bond acceptors (Lipinski definition) is 4. The molecule has 150 valence electrons. The van der Waals surface area contributed by atoms with E-state index in [2.05, 4.69) is 4.72 Å². The molecule has 1 aliphatic heterocycles. The molecule has 2 aromatic rings. The third-order valence-electron chi connectivity index (χ3n) is 5.11. The molecule has 3 rings (SSSR count). The molecule has 0 bridgehead atoms. The van der Waals surface area contributed by atoms with Gasteiger partial charge in [0.05, 0.1) is 16.7 Å². The fourth-order valence-electron chi connectivity index (χ4n) is 3.24. The fraction of sp³-hybridized carbons (Fsp3) is 0.381. The second kappa shape index (κ2) is 8.32. The number of anilines is 1. The van der Waals surface area contributed by atoms with Gasteiger partial charge in [-0.3, -0.25) is 9.52 Å². The highest BCUT2D eigenvalue weighted by Gasteiger charge is 2.22. The average Bonchev–Trinajstić information content (AvgIpc) is 3.18. The van der Waals surface area contributed by atoms with Crippen LogP contribution in [0.25, 0.3) is 0 Å².